The largest absolute Gasteiger partial charge is 0.287 e. The molecule has 0 fully saturated rings. The fourth-order valence-corrected chi connectivity index (χ4v) is 3.62. The predicted octanol–water partition coefficient (Wildman–Crippen LogP) is 7.84. The minimum atomic E-state index is -3.80. The number of aryl methyl sites for hydroxylation is 2. The number of aromatic nitrogens is 1. The van der Waals surface area contributed by atoms with Crippen molar-refractivity contribution in [2.45, 2.75) is 74.1 Å². The van der Waals surface area contributed by atoms with Gasteiger partial charge in [0.2, 0.25) is 5.78 Å². The van der Waals surface area contributed by atoms with E-state index in [-0.39, 0.29) is 27.6 Å². The molecule has 2 aromatic carbocycles. The van der Waals surface area contributed by atoms with Crippen LogP contribution in [0, 0.1) is 13.8 Å². The highest BCUT2D eigenvalue weighted by Gasteiger charge is 2.21. The van der Waals surface area contributed by atoms with Gasteiger partial charge in [0.15, 0.2) is 0 Å². The Balaban J connectivity index is 0. The molecule has 0 aliphatic rings. The summed E-state index contributed by atoms with van der Waals surface area (Å²) in [6.07, 6.45) is 1.53. The Morgan fingerprint density at radius 2 is 1.24 bits per heavy atom. The van der Waals surface area contributed by atoms with E-state index < -0.39 is 10.0 Å². The number of ketones is 1. The van der Waals surface area contributed by atoms with E-state index >= 15 is 0 Å². The molecule has 0 bridgehead atoms. The van der Waals surface area contributed by atoms with Crippen molar-refractivity contribution < 1.29 is 13.2 Å². The van der Waals surface area contributed by atoms with Gasteiger partial charge in [-0.2, -0.15) is 0 Å². The molecule has 0 aliphatic heterocycles. The van der Waals surface area contributed by atoms with Gasteiger partial charge in [-0.1, -0.05) is 79.7 Å². The number of rotatable bonds is 5. The third-order valence-electron chi connectivity index (χ3n) is 4.07. The average Bonchev–Trinajstić information content (AvgIpc) is 2.91. The highest BCUT2D eigenvalue weighted by molar-refractivity contribution is 7.92. The average molecular weight is 487 g/mol. The molecule has 0 aliphatic carbocycles. The van der Waals surface area contributed by atoms with Gasteiger partial charge in [0, 0.05) is 11.8 Å². The van der Waals surface area contributed by atoms with Crippen LogP contribution in [0.15, 0.2) is 71.8 Å². The molecule has 34 heavy (non-hydrogen) atoms. The lowest BCUT2D eigenvalue weighted by molar-refractivity contribution is 0.103. The third kappa shape index (κ3) is 9.87. The van der Waals surface area contributed by atoms with Crippen molar-refractivity contribution in [2.75, 3.05) is 4.72 Å². The Morgan fingerprint density at radius 3 is 1.74 bits per heavy atom. The Labute approximate surface area is 207 Å². The second kappa shape index (κ2) is 18.4. The third-order valence-corrected chi connectivity index (χ3v) is 5.46. The molecule has 0 unspecified atom stereocenters. The van der Waals surface area contributed by atoms with E-state index in [4.69, 9.17) is 0 Å². The van der Waals surface area contributed by atoms with Crippen molar-refractivity contribution in [1.82, 2.24) is 4.98 Å². The van der Waals surface area contributed by atoms with Crippen molar-refractivity contribution in [3.8, 4) is 0 Å². The molecule has 1 heterocycles. The molecule has 0 saturated heterocycles. The molecule has 6 heteroatoms. The van der Waals surface area contributed by atoms with Crippen LogP contribution in [0.2, 0.25) is 0 Å². The molecule has 1 N–H and O–H groups in total. The van der Waals surface area contributed by atoms with Crippen molar-refractivity contribution >= 4 is 21.5 Å². The van der Waals surface area contributed by atoms with Crippen LogP contribution in [0.1, 0.15) is 82.6 Å². The highest BCUT2D eigenvalue weighted by Crippen LogP contribution is 2.26. The normalized spacial score (nSPS) is 9.24. The summed E-state index contributed by atoms with van der Waals surface area (Å²) in [6.45, 7) is 19.7. The van der Waals surface area contributed by atoms with E-state index in [1.807, 2.05) is 69.2 Å². The number of sulfonamides is 1. The lowest BCUT2D eigenvalue weighted by Gasteiger charge is -2.14. The second-order valence-corrected chi connectivity index (χ2v) is 7.63. The Bertz CT molecular complexity index is 1050. The van der Waals surface area contributed by atoms with Crippen LogP contribution < -0.4 is 4.72 Å². The first-order chi connectivity index (χ1) is 16.4. The topological polar surface area (TPSA) is 76.1 Å². The molecule has 3 rings (SSSR count). The number of benzene rings is 2. The molecular weight excluding hydrogens is 444 g/mol. The lowest BCUT2D eigenvalue weighted by Crippen LogP contribution is -2.16. The highest BCUT2D eigenvalue weighted by atomic mass is 32.2. The van der Waals surface area contributed by atoms with Crippen LogP contribution in [0.5, 0.6) is 0 Å². The maximum Gasteiger partial charge on any atom is 0.261 e. The summed E-state index contributed by atoms with van der Waals surface area (Å²) in [5.41, 5.74) is 2.55. The molecule has 1 aromatic heterocycles. The van der Waals surface area contributed by atoms with Crippen LogP contribution in [0.4, 0.5) is 5.69 Å². The van der Waals surface area contributed by atoms with E-state index in [0.717, 1.165) is 11.1 Å². The number of carbonyl (C=O) groups is 1. The van der Waals surface area contributed by atoms with Gasteiger partial charge in [0.25, 0.3) is 10.0 Å². The number of nitrogens with one attached hydrogen (secondary N) is 1. The van der Waals surface area contributed by atoms with Crippen LogP contribution in [-0.2, 0) is 10.0 Å². The molecule has 3 aromatic rings. The monoisotopic (exact) mass is 486 g/mol. The Kier molecular flexibility index (Phi) is 18.0. The SMILES string of the molecule is CC.CC.CC.CC.Cc1cc(NS(=O)(=O)c2ccccc2)c(C(=O)c2ccccn2)cc1C. The van der Waals surface area contributed by atoms with Gasteiger partial charge in [-0.05, 0) is 61.4 Å². The van der Waals surface area contributed by atoms with Crippen molar-refractivity contribution in [1.29, 1.82) is 0 Å². The van der Waals surface area contributed by atoms with Crippen molar-refractivity contribution in [3.63, 3.8) is 0 Å². The number of carbonyl (C=O) groups excluding carboxylic acids is 1. The number of hydrogen-bond donors (Lipinski definition) is 1. The molecule has 188 valence electrons. The van der Waals surface area contributed by atoms with Gasteiger partial charge in [-0.15, -0.1) is 0 Å². The van der Waals surface area contributed by atoms with Crippen LogP contribution >= 0.6 is 0 Å². The van der Waals surface area contributed by atoms with Crippen LogP contribution in [-0.4, -0.2) is 19.2 Å². The van der Waals surface area contributed by atoms with Gasteiger partial charge < -0.3 is 0 Å². The van der Waals surface area contributed by atoms with Gasteiger partial charge in [0.05, 0.1) is 10.6 Å². The van der Waals surface area contributed by atoms with Crippen LogP contribution in [0.3, 0.4) is 0 Å². The standard InChI is InChI=1S/C20H18N2O3S.4C2H6/c1-14-12-17(20(23)18-10-6-7-11-21-18)19(13-15(14)2)22-26(24,25)16-8-4-3-5-9-16;4*1-2/h3-13,22H,1-2H3;4*1-2H3. The van der Waals surface area contributed by atoms with Gasteiger partial charge >= 0.3 is 0 Å². The zero-order chi connectivity index (χ0) is 26.7. The van der Waals surface area contributed by atoms with E-state index in [9.17, 15) is 13.2 Å². The number of anilines is 1. The minimum Gasteiger partial charge on any atom is -0.287 e. The molecule has 5 nitrogen and oxygen atoms in total. The minimum absolute atomic E-state index is 0.134. The summed E-state index contributed by atoms with van der Waals surface area (Å²) in [6, 6.07) is 16.4. The second-order valence-electron chi connectivity index (χ2n) is 5.94. The summed E-state index contributed by atoms with van der Waals surface area (Å²) in [4.78, 5) is 17.1. The molecule has 0 amide bonds. The molecule has 0 spiro atoms. The fourth-order valence-electron chi connectivity index (χ4n) is 2.53. The van der Waals surface area contributed by atoms with E-state index in [1.54, 1.807) is 48.5 Å². The van der Waals surface area contributed by atoms with E-state index in [0.29, 0.717) is 0 Å². The fraction of sp³-hybridized carbons (Fsp3) is 0.357. The molecular formula is C28H42N2O3S. The number of pyridine rings is 1. The van der Waals surface area contributed by atoms with E-state index in [2.05, 4.69) is 9.71 Å². The first-order valence-corrected chi connectivity index (χ1v) is 13.5. The van der Waals surface area contributed by atoms with Gasteiger partial charge in [-0.25, -0.2) is 8.42 Å². The van der Waals surface area contributed by atoms with Crippen LogP contribution in [0.25, 0.3) is 0 Å². The smallest absolute Gasteiger partial charge is 0.261 e. The zero-order valence-electron chi connectivity index (χ0n) is 22.4. The Morgan fingerprint density at radius 1 is 0.735 bits per heavy atom. The van der Waals surface area contributed by atoms with E-state index in [1.165, 1.54) is 18.3 Å². The molecule has 0 radical (unpaired) electrons. The first-order valence-electron chi connectivity index (χ1n) is 12.0. The maximum absolute atomic E-state index is 12.9. The summed E-state index contributed by atoms with van der Waals surface area (Å²) in [7, 11) is -3.80. The maximum atomic E-state index is 12.9. The molecule has 0 atom stereocenters. The van der Waals surface area contributed by atoms with Crippen molar-refractivity contribution in [3.05, 3.63) is 89.2 Å². The quantitative estimate of drug-likeness (QED) is 0.373. The molecule has 0 saturated carbocycles. The zero-order valence-corrected chi connectivity index (χ0v) is 23.2. The van der Waals surface area contributed by atoms with Gasteiger partial charge in [-0.3, -0.25) is 14.5 Å². The summed E-state index contributed by atoms with van der Waals surface area (Å²) in [5.74, 6) is -0.334. The lowest BCUT2D eigenvalue weighted by atomic mass is 10.00. The summed E-state index contributed by atoms with van der Waals surface area (Å²) >= 11 is 0. The summed E-state index contributed by atoms with van der Waals surface area (Å²) < 4.78 is 27.9. The number of hydrogen-bond acceptors (Lipinski definition) is 4. The predicted molar refractivity (Wildman–Crippen MR) is 146 cm³/mol. The van der Waals surface area contributed by atoms with Gasteiger partial charge in [0.1, 0.15) is 5.69 Å². The first kappa shape index (κ1) is 33.2. The number of nitrogens with zero attached hydrogens (tertiary/aromatic N) is 1. The Hall–Kier alpha value is -2.99. The van der Waals surface area contributed by atoms with Crippen molar-refractivity contribution in [2.24, 2.45) is 0 Å². The summed E-state index contributed by atoms with van der Waals surface area (Å²) in [5, 5.41) is 0.